The Labute approximate surface area is 124 Å². The summed E-state index contributed by atoms with van der Waals surface area (Å²) >= 11 is 0. The maximum absolute atomic E-state index is 5.96. The van der Waals surface area contributed by atoms with Crippen molar-refractivity contribution >= 4 is 0 Å². The Bertz CT molecular complexity index is 388. The quantitative estimate of drug-likeness (QED) is 0.789. The van der Waals surface area contributed by atoms with Crippen LogP contribution in [0, 0.1) is 19.8 Å². The largest absolute Gasteiger partial charge is 0.493 e. The first-order chi connectivity index (χ1) is 9.66. The van der Waals surface area contributed by atoms with Crippen molar-refractivity contribution in [1.82, 2.24) is 0 Å². The molecule has 112 valence electrons. The highest BCUT2D eigenvalue weighted by Crippen LogP contribution is 2.22. The van der Waals surface area contributed by atoms with E-state index in [2.05, 4.69) is 39.0 Å². The summed E-state index contributed by atoms with van der Waals surface area (Å²) in [5.41, 5.74) is 2.50. The Morgan fingerprint density at radius 1 is 1.10 bits per heavy atom. The Morgan fingerprint density at radius 3 is 2.40 bits per heavy atom. The molecule has 1 aromatic rings. The maximum atomic E-state index is 5.96. The van der Waals surface area contributed by atoms with Gasteiger partial charge in [-0.05, 0) is 56.6 Å². The molecule has 20 heavy (non-hydrogen) atoms. The zero-order chi connectivity index (χ0) is 14.4. The molecule has 1 heterocycles. The van der Waals surface area contributed by atoms with Crippen LogP contribution in [0.15, 0.2) is 18.2 Å². The van der Waals surface area contributed by atoms with Crippen molar-refractivity contribution in [1.29, 1.82) is 0 Å². The van der Waals surface area contributed by atoms with Crippen LogP contribution in [0.1, 0.15) is 43.7 Å². The van der Waals surface area contributed by atoms with Gasteiger partial charge in [0, 0.05) is 0 Å². The summed E-state index contributed by atoms with van der Waals surface area (Å²) in [6.45, 7) is 11.6. The summed E-state index contributed by atoms with van der Waals surface area (Å²) in [6, 6.07) is 6.35. The van der Waals surface area contributed by atoms with Crippen LogP contribution in [0.3, 0.4) is 0 Å². The van der Waals surface area contributed by atoms with Gasteiger partial charge in [-0.25, -0.2) is 0 Å². The Morgan fingerprint density at radius 2 is 1.75 bits per heavy atom. The molecule has 0 aliphatic carbocycles. The molecule has 1 saturated heterocycles. The molecule has 0 spiro atoms. The minimum absolute atomic E-state index is 0.857. The van der Waals surface area contributed by atoms with E-state index in [9.17, 15) is 0 Å². The molecule has 0 saturated carbocycles. The molecule has 0 atom stereocenters. The topological polar surface area (TPSA) is 13.7 Å². The van der Waals surface area contributed by atoms with Crippen LogP contribution in [0.2, 0.25) is 0 Å². The zero-order valence-electron chi connectivity index (χ0n) is 13.4. The molecule has 2 rings (SSSR count). The van der Waals surface area contributed by atoms with Gasteiger partial charge in [0.15, 0.2) is 0 Å². The molecular formula is C18H30NO+. The fraction of sp³-hybridized carbons (Fsp3) is 0.667. The highest BCUT2D eigenvalue weighted by molar-refractivity contribution is 5.39. The number of rotatable bonds is 6. The molecule has 0 radical (unpaired) electrons. The van der Waals surface area contributed by atoms with E-state index in [4.69, 9.17) is 4.74 Å². The lowest BCUT2D eigenvalue weighted by Crippen LogP contribution is -3.13. The molecule has 0 bridgehead atoms. The predicted octanol–water partition coefficient (Wildman–Crippen LogP) is 2.78. The van der Waals surface area contributed by atoms with Crippen LogP contribution in [0.25, 0.3) is 0 Å². The second-order valence-electron chi connectivity index (χ2n) is 6.46. The first kappa shape index (κ1) is 15.4. The summed E-state index contributed by atoms with van der Waals surface area (Å²) in [6.07, 6.45) is 5.28. The van der Waals surface area contributed by atoms with Crippen molar-refractivity contribution in [2.24, 2.45) is 5.92 Å². The van der Waals surface area contributed by atoms with Gasteiger partial charge in [-0.2, -0.15) is 0 Å². The van der Waals surface area contributed by atoms with Gasteiger partial charge in [0.2, 0.25) is 0 Å². The molecule has 0 amide bonds. The lowest BCUT2D eigenvalue weighted by atomic mass is 9.99. The highest BCUT2D eigenvalue weighted by atomic mass is 16.5. The number of likely N-dealkylation sites (tertiary alicyclic amines) is 1. The summed E-state index contributed by atoms with van der Waals surface area (Å²) in [4.78, 5) is 1.80. The number of quaternary nitrogens is 1. The van der Waals surface area contributed by atoms with Gasteiger partial charge in [0.05, 0.1) is 26.2 Å². The van der Waals surface area contributed by atoms with E-state index in [0.717, 1.165) is 18.3 Å². The molecule has 1 N–H and O–H groups in total. The highest BCUT2D eigenvalue weighted by Gasteiger charge is 2.17. The zero-order valence-corrected chi connectivity index (χ0v) is 13.4. The molecule has 1 aliphatic rings. The van der Waals surface area contributed by atoms with Crippen molar-refractivity contribution < 1.29 is 9.64 Å². The average Bonchev–Trinajstić information content (AvgIpc) is 2.43. The summed E-state index contributed by atoms with van der Waals surface area (Å²) < 4.78 is 5.96. The van der Waals surface area contributed by atoms with Crippen LogP contribution in [-0.4, -0.2) is 26.2 Å². The third-order valence-electron chi connectivity index (χ3n) is 4.56. The molecule has 2 heteroatoms. The Kier molecular flexibility index (Phi) is 5.90. The average molecular weight is 276 g/mol. The predicted molar refractivity (Wildman–Crippen MR) is 84.6 cm³/mol. The van der Waals surface area contributed by atoms with E-state index >= 15 is 0 Å². The maximum Gasteiger partial charge on any atom is 0.125 e. The van der Waals surface area contributed by atoms with Gasteiger partial charge in [0.25, 0.3) is 0 Å². The van der Waals surface area contributed by atoms with E-state index < -0.39 is 0 Å². The van der Waals surface area contributed by atoms with E-state index in [0.29, 0.717) is 0 Å². The molecule has 2 nitrogen and oxygen atoms in total. The minimum Gasteiger partial charge on any atom is -0.493 e. The molecule has 1 aromatic carbocycles. The van der Waals surface area contributed by atoms with E-state index in [-0.39, 0.29) is 0 Å². The van der Waals surface area contributed by atoms with Gasteiger partial charge in [-0.15, -0.1) is 0 Å². The summed E-state index contributed by atoms with van der Waals surface area (Å²) in [5.74, 6) is 2.04. The Hall–Kier alpha value is -1.02. The van der Waals surface area contributed by atoms with Crippen LogP contribution < -0.4 is 9.64 Å². The minimum atomic E-state index is 0.857. The number of unbranched alkanes of at least 4 members (excludes halogenated alkanes) is 1. The number of hydrogen-bond acceptors (Lipinski definition) is 1. The lowest BCUT2D eigenvalue weighted by molar-refractivity contribution is -0.906. The van der Waals surface area contributed by atoms with Crippen molar-refractivity contribution in [3.8, 4) is 5.75 Å². The van der Waals surface area contributed by atoms with Crippen LogP contribution in [-0.2, 0) is 0 Å². The SMILES string of the molecule is Cc1cccc(C)c1OCCCC[NH+]1CCC(C)CC1. The molecule has 0 aromatic heterocycles. The molecule has 0 unspecified atom stereocenters. The summed E-state index contributed by atoms with van der Waals surface area (Å²) in [7, 11) is 0. The third kappa shape index (κ3) is 4.52. The second kappa shape index (κ2) is 7.68. The fourth-order valence-electron chi connectivity index (χ4n) is 3.10. The standard InChI is InChI=1S/C18H29NO/c1-15-9-12-19(13-10-15)11-4-5-14-20-18-16(2)7-6-8-17(18)3/h6-8,15H,4-5,9-14H2,1-3H3/p+1. The van der Waals surface area contributed by atoms with E-state index in [1.807, 2.05) is 0 Å². The van der Waals surface area contributed by atoms with Crippen molar-refractivity contribution in [3.63, 3.8) is 0 Å². The molecule has 1 fully saturated rings. The van der Waals surface area contributed by atoms with Gasteiger partial charge < -0.3 is 9.64 Å². The van der Waals surface area contributed by atoms with Crippen LogP contribution >= 0.6 is 0 Å². The monoisotopic (exact) mass is 276 g/mol. The van der Waals surface area contributed by atoms with Gasteiger partial charge in [0.1, 0.15) is 5.75 Å². The Balaban J connectivity index is 1.62. The van der Waals surface area contributed by atoms with Gasteiger partial charge in [-0.3, -0.25) is 0 Å². The van der Waals surface area contributed by atoms with Crippen molar-refractivity contribution in [3.05, 3.63) is 29.3 Å². The van der Waals surface area contributed by atoms with E-state index in [1.54, 1.807) is 4.90 Å². The smallest absolute Gasteiger partial charge is 0.125 e. The fourth-order valence-corrected chi connectivity index (χ4v) is 3.10. The number of benzene rings is 1. The third-order valence-corrected chi connectivity index (χ3v) is 4.56. The molecule has 1 aliphatic heterocycles. The number of nitrogens with one attached hydrogen (secondary N) is 1. The van der Waals surface area contributed by atoms with Gasteiger partial charge >= 0.3 is 0 Å². The number of hydrogen-bond donors (Lipinski definition) is 1. The van der Waals surface area contributed by atoms with E-state index in [1.165, 1.54) is 56.4 Å². The van der Waals surface area contributed by atoms with Crippen molar-refractivity contribution in [2.45, 2.75) is 46.5 Å². The first-order valence-corrected chi connectivity index (χ1v) is 8.19. The van der Waals surface area contributed by atoms with Crippen molar-refractivity contribution in [2.75, 3.05) is 26.2 Å². The normalized spacial score (nSPS) is 22.8. The van der Waals surface area contributed by atoms with Crippen LogP contribution in [0.5, 0.6) is 5.75 Å². The second-order valence-corrected chi connectivity index (χ2v) is 6.46. The summed E-state index contributed by atoms with van der Waals surface area (Å²) in [5, 5.41) is 0. The molecular weight excluding hydrogens is 246 g/mol. The van der Waals surface area contributed by atoms with Crippen LogP contribution in [0.4, 0.5) is 0 Å². The number of para-hydroxylation sites is 1. The number of aryl methyl sites for hydroxylation is 2. The first-order valence-electron chi connectivity index (χ1n) is 8.19. The number of piperidine rings is 1. The van der Waals surface area contributed by atoms with Gasteiger partial charge in [-0.1, -0.05) is 25.1 Å². The number of ether oxygens (including phenoxy) is 1. The lowest BCUT2D eigenvalue weighted by Gasteiger charge is -2.27.